The second kappa shape index (κ2) is 7.68. The molecule has 20 heavy (non-hydrogen) atoms. The number of hydrogen-bond donors (Lipinski definition) is 0. The lowest BCUT2D eigenvalue weighted by atomic mass is 9.98. The van der Waals surface area contributed by atoms with Crippen LogP contribution in [0.15, 0.2) is 0 Å². The van der Waals surface area contributed by atoms with Gasteiger partial charge in [-0.05, 0) is 20.8 Å². The molecule has 0 saturated carbocycles. The molecule has 6 heteroatoms. The fourth-order valence-electron chi connectivity index (χ4n) is 2.42. The molecule has 1 rings (SSSR count). The molecule has 1 saturated heterocycles. The van der Waals surface area contributed by atoms with Gasteiger partial charge in [-0.1, -0.05) is 0 Å². The Morgan fingerprint density at radius 3 is 1.80 bits per heavy atom. The first-order valence-corrected chi connectivity index (χ1v) is 6.78. The summed E-state index contributed by atoms with van der Waals surface area (Å²) in [4.78, 5) is 0. The lowest BCUT2D eigenvalue weighted by Crippen LogP contribution is -2.62. The van der Waals surface area contributed by atoms with Crippen LogP contribution in [0.4, 0.5) is 0 Å². The monoisotopic (exact) mass is 292 g/mol. The van der Waals surface area contributed by atoms with Gasteiger partial charge >= 0.3 is 0 Å². The van der Waals surface area contributed by atoms with E-state index >= 15 is 0 Å². The summed E-state index contributed by atoms with van der Waals surface area (Å²) < 4.78 is 33.7. The Kier molecular flexibility index (Phi) is 6.84. The van der Waals surface area contributed by atoms with Crippen molar-refractivity contribution in [2.75, 3.05) is 35.0 Å². The molecule has 0 spiro atoms. The molecule has 1 aliphatic rings. The Labute approximate surface area is 121 Å². The predicted octanol–water partition coefficient (Wildman–Crippen LogP) is 1.22. The second-order valence-corrected chi connectivity index (χ2v) is 5.83. The van der Waals surface area contributed by atoms with Crippen molar-refractivity contribution in [2.45, 2.75) is 57.1 Å². The average molecular weight is 292 g/mol. The first-order valence-electron chi connectivity index (χ1n) is 6.78. The van der Waals surface area contributed by atoms with Crippen molar-refractivity contribution in [3.63, 3.8) is 0 Å². The van der Waals surface area contributed by atoms with Crippen molar-refractivity contribution in [3.05, 3.63) is 0 Å². The summed E-state index contributed by atoms with van der Waals surface area (Å²) in [6, 6.07) is 0. The summed E-state index contributed by atoms with van der Waals surface area (Å²) in [5, 5.41) is 0. The first-order chi connectivity index (χ1) is 9.37. The van der Waals surface area contributed by atoms with Crippen LogP contribution in [0.5, 0.6) is 0 Å². The molecular formula is C14H28O6. The Morgan fingerprint density at radius 2 is 1.40 bits per heavy atom. The molecule has 5 atom stereocenters. The lowest BCUT2D eigenvalue weighted by Gasteiger charge is -2.46. The minimum atomic E-state index is -0.531. The van der Waals surface area contributed by atoms with Gasteiger partial charge in [0.1, 0.15) is 24.4 Å². The van der Waals surface area contributed by atoms with Gasteiger partial charge in [-0.2, -0.15) is 0 Å². The molecule has 0 aromatic rings. The highest BCUT2D eigenvalue weighted by atomic mass is 16.7. The maximum absolute atomic E-state index is 5.96. The van der Waals surface area contributed by atoms with Gasteiger partial charge < -0.3 is 28.4 Å². The third-order valence-electron chi connectivity index (χ3n) is 3.21. The van der Waals surface area contributed by atoms with Crippen LogP contribution in [-0.4, -0.2) is 71.4 Å². The number of ether oxygens (including phenoxy) is 6. The van der Waals surface area contributed by atoms with Crippen molar-refractivity contribution in [1.29, 1.82) is 0 Å². The van der Waals surface area contributed by atoms with E-state index in [0.717, 1.165) is 0 Å². The Hall–Kier alpha value is -0.240. The first kappa shape index (κ1) is 17.8. The van der Waals surface area contributed by atoms with Crippen LogP contribution >= 0.6 is 0 Å². The molecule has 1 fully saturated rings. The van der Waals surface area contributed by atoms with Crippen molar-refractivity contribution in [1.82, 2.24) is 0 Å². The highest BCUT2D eigenvalue weighted by Crippen LogP contribution is 2.30. The van der Waals surface area contributed by atoms with Crippen molar-refractivity contribution in [2.24, 2.45) is 0 Å². The van der Waals surface area contributed by atoms with Gasteiger partial charge in [0.05, 0.1) is 12.2 Å². The van der Waals surface area contributed by atoms with Gasteiger partial charge in [-0.25, -0.2) is 0 Å². The average Bonchev–Trinajstić information content (AvgIpc) is 2.36. The van der Waals surface area contributed by atoms with Gasteiger partial charge in [0.15, 0.2) is 6.29 Å². The molecule has 0 aromatic heterocycles. The molecule has 1 heterocycles. The molecule has 0 aromatic carbocycles. The predicted molar refractivity (Wildman–Crippen MR) is 73.8 cm³/mol. The SMILES string of the molecule is COC[C@H]1O[C@H](OC(C)(C)C)[C@@H](OC)[C@@H](OC)[C@@H]1OC. The molecule has 0 bridgehead atoms. The largest absolute Gasteiger partial charge is 0.382 e. The molecule has 0 amide bonds. The van der Waals surface area contributed by atoms with Gasteiger partial charge in [-0.3, -0.25) is 0 Å². The van der Waals surface area contributed by atoms with Gasteiger partial charge in [0.2, 0.25) is 0 Å². The highest BCUT2D eigenvalue weighted by molar-refractivity contribution is 4.92. The molecule has 0 radical (unpaired) electrons. The zero-order valence-electron chi connectivity index (χ0n) is 13.5. The maximum atomic E-state index is 5.96. The molecule has 6 nitrogen and oxygen atoms in total. The summed E-state index contributed by atoms with van der Waals surface area (Å²) in [5.41, 5.74) is -0.350. The fraction of sp³-hybridized carbons (Fsp3) is 1.00. The molecule has 0 aliphatic carbocycles. The van der Waals surface area contributed by atoms with E-state index in [0.29, 0.717) is 6.61 Å². The van der Waals surface area contributed by atoms with Crippen LogP contribution in [0.25, 0.3) is 0 Å². The van der Waals surface area contributed by atoms with Gasteiger partial charge in [0, 0.05) is 28.4 Å². The van der Waals surface area contributed by atoms with E-state index < -0.39 is 6.29 Å². The summed E-state index contributed by atoms with van der Waals surface area (Å²) in [6.45, 7) is 6.31. The zero-order valence-corrected chi connectivity index (χ0v) is 13.5. The normalized spacial score (nSPS) is 35.2. The molecule has 120 valence electrons. The minimum Gasteiger partial charge on any atom is -0.382 e. The van der Waals surface area contributed by atoms with Crippen molar-refractivity contribution in [3.8, 4) is 0 Å². The second-order valence-electron chi connectivity index (χ2n) is 5.83. The van der Waals surface area contributed by atoms with Crippen molar-refractivity contribution < 1.29 is 28.4 Å². The van der Waals surface area contributed by atoms with Crippen LogP contribution < -0.4 is 0 Å². The molecule has 1 aliphatic heterocycles. The van der Waals surface area contributed by atoms with E-state index in [1.807, 2.05) is 20.8 Å². The van der Waals surface area contributed by atoms with E-state index in [1.165, 1.54) is 0 Å². The molecule has 0 N–H and O–H groups in total. The Balaban J connectivity index is 2.94. The van der Waals surface area contributed by atoms with Crippen LogP contribution in [0, 0.1) is 0 Å². The van der Waals surface area contributed by atoms with E-state index in [1.54, 1.807) is 28.4 Å². The molecular weight excluding hydrogens is 264 g/mol. The number of methoxy groups -OCH3 is 4. The highest BCUT2D eigenvalue weighted by Gasteiger charge is 2.48. The van der Waals surface area contributed by atoms with Crippen LogP contribution in [0.1, 0.15) is 20.8 Å². The topological polar surface area (TPSA) is 55.4 Å². The van der Waals surface area contributed by atoms with Crippen LogP contribution in [0.2, 0.25) is 0 Å². The summed E-state index contributed by atoms with van der Waals surface area (Å²) in [5.74, 6) is 0. The van der Waals surface area contributed by atoms with E-state index in [-0.39, 0.29) is 30.0 Å². The van der Waals surface area contributed by atoms with E-state index in [2.05, 4.69) is 0 Å². The Bertz CT molecular complexity index is 277. The summed E-state index contributed by atoms with van der Waals surface area (Å²) in [6.07, 6.45) is -1.72. The number of rotatable bonds is 6. The maximum Gasteiger partial charge on any atom is 0.187 e. The summed E-state index contributed by atoms with van der Waals surface area (Å²) >= 11 is 0. The standard InChI is InChI=1S/C14H28O6/c1-14(2,3)20-13-12(18-7)11(17-6)10(16-5)9(19-13)8-15-4/h9-13H,8H2,1-7H3/t9-,10-,11+,12+,13-/m1/s1. The quantitative estimate of drug-likeness (QED) is 0.733. The van der Waals surface area contributed by atoms with E-state index in [4.69, 9.17) is 28.4 Å². The summed E-state index contributed by atoms with van der Waals surface area (Å²) in [7, 11) is 6.49. The Morgan fingerprint density at radius 1 is 0.850 bits per heavy atom. The fourth-order valence-corrected chi connectivity index (χ4v) is 2.42. The number of hydrogen-bond acceptors (Lipinski definition) is 6. The minimum absolute atomic E-state index is 0.270. The van der Waals surface area contributed by atoms with Gasteiger partial charge in [0.25, 0.3) is 0 Å². The third kappa shape index (κ3) is 4.38. The van der Waals surface area contributed by atoms with Crippen LogP contribution in [0.3, 0.4) is 0 Å². The molecule has 0 unspecified atom stereocenters. The van der Waals surface area contributed by atoms with Crippen LogP contribution in [-0.2, 0) is 28.4 Å². The third-order valence-corrected chi connectivity index (χ3v) is 3.21. The smallest absolute Gasteiger partial charge is 0.187 e. The lowest BCUT2D eigenvalue weighted by molar-refractivity contribution is -0.331. The van der Waals surface area contributed by atoms with E-state index in [9.17, 15) is 0 Å². The zero-order chi connectivity index (χ0) is 15.3. The van der Waals surface area contributed by atoms with Crippen molar-refractivity contribution >= 4 is 0 Å². The van der Waals surface area contributed by atoms with Gasteiger partial charge in [-0.15, -0.1) is 0 Å².